The van der Waals surface area contributed by atoms with Crippen molar-refractivity contribution in [1.82, 2.24) is 4.98 Å². The molecule has 3 rings (SSSR count). The molecule has 1 amide bonds. The summed E-state index contributed by atoms with van der Waals surface area (Å²) in [5, 5.41) is 2.83. The van der Waals surface area contributed by atoms with Crippen LogP contribution < -0.4 is 11.1 Å². The maximum atomic E-state index is 11.9. The van der Waals surface area contributed by atoms with Gasteiger partial charge in [-0.2, -0.15) is 0 Å². The number of carbonyl (C=O) groups is 1. The van der Waals surface area contributed by atoms with Crippen LogP contribution in [0.3, 0.4) is 0 Å². The van der Waals surface area contributed by atoms with Crippen molar-refractivity contribution in [3.05, 3.63) is 36.4 Å². The van der Waals surface area contributed by atoms with Crippen molar-refractivity contribution in [2.75, 3.05) is 5.32 Å². The molecule has 3 N–H and O–H groups in total. The Morgan fingerprint density at radius 3 is 2.77 bits per heavy atom. The fraction of sp³-hybridized carbons (Fsp3) is 0.412. The summed E-state index contributed by atoms with van der Waals surface area (Å²) in [6.45, 7) is 2.01. The highest BCUT2D eigenvalue weighted by Crippen LogP contribution is 2.40. The van der Waals surface area contributed by atoms with E-state index in [0.717, 1.165) is 29.3 Å². The fourth-order valence-corrected chi connectivity index (χ4v) is 2.33. The van der Waals surface area contributed by atoms with Crippen LogP contribution in [-0.4, -0.2) is 16.9 Å². The van der Waals surface area contributed by atoms with Crippen molar-refractivity contribution in [3.8, 4) is 11.3 Å². The van der Waals surface area contributed by atoms with Crippen LogP contribution in [0.15, 0.2) is 34.9 Å². The Morgan fingerprint density at radius 2 is 2.14 bits per heavy atom. The second-order valence-electron chi connectivity index (χ2n) is 5.80. The van der Waals surface area contributed by atoms with Crippen LogP contribution in [0.5, 0.6) is 0 Å². The lowest BCUT2D eigenvalue weighted by Gasteiger charge is -2.11. The first-order valence-electron chi connectivity index (χ1n) is 7.80. The molecule has 1 heterocycles. The molecule has 1 aromatic heterocycles. The number of aromatic nitrogens is 1. The van der Waals surface area contributed by atoms with Gasteiger partial charge < -0.3 is 15.5 Å². The minimum absolute atomic E-state index is 0.148. The van der Waals surface area contributed by atoms with Gasteiger partial charge in [0.05, 0.1) is 12.2 Å². The van der Waals surface area contributed by atoms with Gasteiger partial charge >= 0.3 is 0 Å². The highest BCUT2D eigenvalue weighted by atomic mass is 16.4. The number of amides is 1. The Balaban J connectivity index is 1.65. The molecule has 0 saturated heterocycles. The highest BCUT2D eigenvalue weighted by molar-refractivity contribution is 5.94. The number of hydrogen-bond donors (Lipinski definition) is 2. The molecule has 0 aliphatic heterocycles. The van der Waals surface area contributed by atoms with E-state index in [2.05, 4.69) is 10.3 Å². The third kappa shape index (κ3) is 3.36. The van der Waals surface area contributed by atoms with Crippen molar-refractivity contribution >= 4 is 11.6 Å². The van der Waals surface area contributed by atoms with E-state index in [0.29, 0.717) is 12.3 Å². The lowest BCUT2D eigenvalue weighted by atomic mass is 10.1. The van der Waals surface area contributed by atoms with Gasteiger partial charge in [0.25, 0.3) is 0 Å². The molecule has 1 aliphatic carbocycles. The third-order valence-corrected chi connectivity index (χ3v) is 3.82. The first-order valence-corrected chi connectivity index (χ1v) is 7.80. The van der Waals surface area contributed by atoms with E-state index in [1.165, 1.54) is 12.8 Å². The van der Waals surface area contributed by atoms with Gasteiger partial charge in [0.2, 0.25) is 5.91 Å². The number of nitrogens with two attached hydrogens (primary N) is 1. The lowest BCUT2D eigenvalue weighted by Crippen LogP contribution is -2.35. The maximum absolute atomic E-state index is 11.9. The van der Waals surface area contributed by atoms with Gasteiger partial charge in [0, 0.05) is 17.2 Å². The van der Waals surface area contributed by atoms with E-state index in [1.807, 2.05) is 31.2 Å². The fourth-order valence-electron chi connectivity index (χ4n) is 2.33. The summed E-state index contributed by atoms with van der Waals surface area (Å²) in [4.78, 5) is 16.2. The molecule has 1 atom stereocenters. The molecule has 5 nitrogen and oxygen atoms in total. The zero-order chi connectivity index (χ0) is 15.5. The molecular formula is C17H21N3O2. The number of benzene rings is 1. The van der Waals surface area contributed by atoms with Crippen LogP contribution in [0.2, 0.25) is 0 Å². The minimum Gasteiger partial charge on any atom is -0.440 e. The average molecular weight is 299 g/mol. The molecule has 116 valence electrons. The van der Waals surface area contributed by atoms with Gasteiger partial charge in [-0.1, -0.05) is 13.3 Å². The zero-order valence-corrected chi connectivity index (χ0v) is 12.7. The van der Waals surface area contributed by atoms with Gasteiger partial charge in [-0.05, 0) is 43.5 Å². The first kappa shape index (κ1) is 14.8. The molecule has 2 aromatic rings. The topological polar surface area (TPSA) is 81.2 Å². The molecule has 1 saturated carbocycles. The van der Waals surface area contributed by atoms with E-state index in [9.17, 15) is 4.79 Å². The van der Waals surface area contributed by atoms with Crippen molar-refractivity contribution in [2.24, 2.45) is 5.73 Å². The standard InChI is InChI=1S/C17H21N3O2/c1-2-3-14(18)16(21)20-13-8-6-11(7-9-13)15-10-19-17(22-15)12-4-5-12/h6-10,12,14H,2-5,18H2,1H3,(H,20,21). The monoisotopic (exact) mass is 299 g/mol. The van der Waals surface area contributed by atoms with E-state index in [-0.39, 0.29) is 5.91 Å². The summed E-state index contributed by atoms with van der Waals surface area (Å²) in [7, 11) is 0. The van der Waals surface area contributed by atoms with E-state index in [1.54, 1.807) is 6.20 Å². The summed E-state index contributed by atoms with van der Waals surface area (Å²) in [6, 6.07) is 7.08. The molecule has 1 aliphatic rings. The highest BCUT2D eigenvalue weighted by Gasteiger charge is 2.28. The quantitative estimate of drug-likeness (QED) is 0.857. The second kappa shape index (κ2) is 6.32. The summed E-state index contributed by atoms with van der Waals surface area (Å²) in [6.07, 6.45) is 5.68. The summed E-state index contributed by atoms with van der Waals surface area (Å²) < 4.78 is 5.77. The van der Waals surface area contributed by atoms with Crippen LogP contribution in [0.1, 0.15) is 44.4 Å². The number of anilines is 1. The summed E-state index contributed by atoms with van der Waals surface area (Å²) in [5.41, 5.74) is 7.49. The third-order valence-electron chi connectivity index (χ3n) is 3.82. The van der Waals surface area contributed by atoms with Crippen molar-refractivity contribution in [2.45, 2.75) is 44.6 Å². The molecule has 22 heavy (non-hydrogen) atoms. The Hall–Kier alpha value is -2.14. The lowest BCUT2D eigenvalue weighted by molar-refractivity contribution is -0.117. The van der Waals surface area contributed by atoms with E-state index >= 15 is 0 Å². The van der Waals surface area contributed by atoms with Crippen LogP contribution in [0.4, 0.5) is 5.69 Å². The Kier molecular flexibility index (Phi) is 4.24. The van der Waals surface area contributed by atoms with E-state index < -0.39 is 6.04 Å². The normalized spacial score (nSPS) is 15.5. The Morgan fingerprint density at radius 1 is 1.41 bits per heavy atom. The molecule has 0 spiro atoms. The molecular weight excluding hydrogens is 278 g/mol. The summed E-state index contributed by atoms with van der Waals surface area (Å²) in [5.74, 6) is 1.96. The number of hydrogen-bond acceptors (Lipinski definition) is 4. The predicted octanol–water partition coefficient (Wildman–Crippen LogP) is 3.28. The maximum Gasteiger partial charge on any atom is 0.241 e. The number of nitrogens with one attached hydrogen (secondary N) is 1. The first-order chi connectivity index (χ1) is 10.7. The average Bonchev–Trinajstić information content (AvgIpc) is 3.26. The van der Waals surface area contributed by atoms with E-state index in [4.69, 9.17) is 10.2 Å². The molecule has 5 heteroatoms. The molecule has 0 bridgehead atoms. The van der Waals surface area contributed by atoms with Crippen LogP contribution >= 0.6 is 0 Å². The molecule has 1 aromatic carbocycles. The number of carbonyl (C=O) groups excluding carboxylic acids is 1. The summed E-state index contributed by atoms with van der Waals surface area (Å²) >= 11 is 0. The van der Waals surface area contributed by atoms with Crippen LogP contribution in [-0.2, 0) is 4.79 Å². The predicted molar refractivity (Wildman–Crippen MR) is 85.4 cm³/mol. The van der Waals surface area contributed by atoms with Crippen LogP contribution in [0, 0.1) is 0 Å². The van der Waals surface area contributed by atoms with Crippen LogP contribution in [0.25, 0.3) is 11.3 Å². The SMILES string of the molecule is CCCC(N)C(=O)Nc1ccc(-c2cnc(C3CC3)o2)cc1. The number of oxazole rings is 1. The van der Waals surface area contributed by atoms with Gasteiger partial charge in [-0.25, -0.2) is 4.98 Å². The largest absolute Gasteiger partial charge is 0.440 e. The van der Waals surface area contributed by atoms with Gasteiger partial charge in [0.15, 0.2) is 11.7 Å². The number of nitrogens with zero attached hydrogens (tertiary/aromatic N) is 1. The van der Waals surface area contributed by atoms with Crippen molar-refractivity contribution < 1.29 is 9.21 Å². The van der Waals surface area contributed by atoms with Gasteiger partial charge in [-0.3, -0.25) is 4.79 Å². The molecule has 1 fully saturated rings. The Bertz CT molecular complexity index is 644. The minimum atomic E-state index is -0.458. The smallest absolute Gasteiger partial charge is 0.241 e. The van der Waals surface area contributed by atoms with Crippen molar-refractivity contribution in [3.63, 3.8) is 0 Å². The molecule has 0 radical (unpaired) electrons. The second-order valence-corrected chi connectivity index (χ2v) is 5.80. The number of rotatable bonds is 6. The molecule has 1 unspecified atom stereocenters. The van der Waals surface area contributed by atoms with Crippen molar-refractivity contribution in [1.29, 1.82) is 0 Å². The Labute approximate surface area is 129 Å². The van der Waals surface area contributed by atoms with Gasteiger partial charge in [0.1, 0.15) is 0 Å². The van der Waals surface area contributed by atoms with Gasteiger partial charge in [-0.15, -0.1) is 0 Å². The zero-order valence-electron chi connectivity index (χ0n) is 12.7.